The van der Waals surface area contributed by atoms with Gasteiger partial charge in [-0.05, 0) is 6.42 Å². The number of nitrogens with zero attached hydrogens (tertiary/aromatic N) is 2. The van der Waals surface area contributed by atoms with Crippen molar-refractivity contribution >= 4 is 21.7 Å². The minimum atomic E-state index is -3.07. The summed E-state index contributed by atoms with van der Waals surface area (Å²) in [6, 6.07) is 0. The quantitative estimate of drug-likeness (QED) is 0.525. The molecule has 0 spiro atoms. The van der Waals surface area contributed by atoms with Crippen LogP contribution in [0.1, 0.15) is 6.42 Å². The molecule has 0 aromatic rings. The van der Waals surface area contributed by atoms with E-state index in [-0.39, 0.29) is 18.1 Å². The molecule has 2 rings (SSSR count). The molecule has 2 aliphatic heterocycles. The normalized spacial score (nSPS) is 23.8. The molecule has 0 radical (unpaired) electrons. The molecule has 0 aromatic carbocycles. The van der Waals surface area contributed by atoms with Crippen LogP contribution in [0.5, 0.6) is 0 Å². The molecule has 7 nitrogen and oxygen atoms in total. The highest BCUT2D eigenvalue weighted by atomic mass is 32.2. The molecule has 2 heterocycles. The van der Waals surface area contributed by atoms with Crippen molar-refractivity contribution < 1.29 is 18.0 Å². The van der Waals surface area contributed by atoms with Gasteiger partial charge in [0.2, 0.25) is 0 Å². The maximum Gasteiger partial charge on any atom is 0.312 e. The summed E-state index contributed by atoms with van der Waals surface area (Å²) in [7, 11) is -3.07. The van der Waals surface area contributed by atoms with Gasteiger partial charge in [0.1, 0.15) is 0 Å². The van der Waals surface area contributed by atoms with Crippen molar-refractivity contribution in [1.29, 1.82) is 0 Å². The summed E-state index contributed by atoms with van der Waals surface area (Å²) in [6.45, 7) is 2.89. The van der Waals surface area contributed by atoms with Gasteiger partial charge in [-0.2, -0.15) is 0 Å². The van der Waals surface area contributed by atoms with Crippen LogP contribution in [0.4, 0.5) is 0 Å². The van der Waals surface area contributed by atoms with Crippen LogP contribution in [-0.2, 0) is 19.4 Å². The van der Waals surface area contributed by atoms with Gasteiger partial charge in [-0.1, -0.05) is 0 Å². The van der Waals surface area contributed by atoms with Crippen LogP contribution < -0.4 is 5.32 Å². The Hall–Kier alpha value is -1.15. The van der Waals surface area contributed by atoms with E-state index < -0.39 is 21.7 Å². The molecule has 0 unspecified atom stereocenters. The Morgan fingerprint density at radius 3 is 2.05 bits per heavy atom. The van der Waals surface area contributed by atoms with Crippen molar-refractivity contribution in [1.82, 2.24) is 15.1 Å². The second kappa shape index (κ2) is 5.87. The fourth-order valence-electron chi connectivity index (χ4n) is 2.28. The third kappa shape index (κ3) is 3.66. The van der Waals surface area contributed by atoms with Gasteiger partial charge in [-0.25, -0.2) is 8.42 Å². The van der Waals surface area contributed by atoms with E-state index in [1.165, 1.54) is 9.80 Å². The van der Waals surface area contributed by atoms with Crippen molar-refractivity contribution in [3.63, 3.8) is 0 Å². The zero-order chi connectivity index (χ0) is 13.9. The van der Waals surface area contributed by atoms with Gasteiger partial charge < -0.3 is 15.1 Å². The minimum absolute atomic E-state index is 0.0480. The molecular formula is C11H19N3O4S. The second-order valence-electron chi connectivity index (χ2n) is 4.84. The fraction of sp³-hybridized carbons (Fsp3) is 0.818. The summed E-state index contributed by atoms with van der Waals surface area (Å²) >= 11 is 0. The average Bonchev–Trinajstić information content (AvgIpc) is 2.59. The van der Waals surface area contributed by atoms with Crippen molar-refractivity contribution in [3.05, 3.63) is 0 Å². The lowest BCUT2D eigenvalue weighted by Gasteiger charge is -2.29. The number of sulfone groups is 1. The first-order chi connectivity index (χ1) is 8.99. The number of carbonyl (C=O) groups is 2. The molecule has 2 amide bonds. The first-order valence-corrected chi connectivity index (χ1v) is 8.31. The van der Waals surface area contributed by atoms with Gasteiger partial charge in [-0.3, -0.25) is 9.59 Å². The number of rotatable bonds is 0. The van der Waals surface area contributed by atoms with E-state index in [1.807, 2.05) is 0 Å². The van der Waals surface area contributed by atoms with Gasteiger partial charge in [0, 0.05) is 39.3 Å². The fourth-order valence-corrected chi connectivity index (χ4v) is 3.55. The molecular weight excluding hydrogens is 270 g/mol. The molecule has 2 aliphatic rings. The van der Waals surface area contributed by atoms with E-state index in [9.17, 15) is 18.0 Å². The standard InChI is InChI=1S/C11H19N3O4S/c15-10(11(16)14-5-2-12-3-6-14)13-4-1-8-19(17,18)9-7-13/h12H,1-9H2. The highest BCUT2D eigenvalue weighted by Crippen LogP contribution is 2.07. The lowest BCUT2D eigenvalue weighted by atomic mass is 10.3. The topological polar surface area (TPSA) is 86.8 Å². The number of piperazine rings is 1. The number of carbonyl (C=O) groups excluding carboxylic acids is 2. The Morgan fingerprint density at radius 2 is 1.42 bits per heavy atom. The zero-order valence-corrected chi connectivity index (χ0v) is 11.6. The molecule has 2 fully saturated rings. The minimum Gasteiger partial charge on any atom is -0.333 e. The van der Waals surface area contributed by atoms with Crippen LogP contribution in [0, 0.1) is 0 Å². The highest BCUT2D eigenvalue weighted by molar-refractivity contribution is 7.91. The summed E-state index contributed by atoms with van der Waals surface area (Å²) < 4.78 is 22.9. The van der Waals surface area contributed by atoms with E-state index in [0.717, 1.165) is 0 Å². The Bertz CT molecular complexity index is 457. The summed E-state index contributed by atoms with van der Waals surface area (Å²) in [5.74, 6) is -1.04. The third-order valence-electron chi connectivity index (χ3n) is 3.43. The van der Waals surface area contributed by atoms with Crippen LogP contribution in [0.2, 0.25) is 0 Å². The molecule has 19 heavy (non-hydrogen) atoms. The number of amides is 2. The molecule has 108 valence electrons. The predicted octanol–water partition coefficient (Wildman–Crippen LogP) is -1.93. The number of hydrogen-bond donors (Lipinski definition) is 1. The molecule has 0 bridgehead atoms. The van der Waals surface area contributed by atoms with Crippen LogP contribution >= 0.6 is 0 Å². The maximum absolute atomic E-state index is 12.1. The number of nitrogens with one attached hydrogen (secondary N) is 1. The number of hydrogen-bond acceptors (Lipinski definition) is 5. The molecule has 2 saturated heterocycles. The Balaban J connectivity index is 1.96. The molecule has 0 atom stereocenters. The van der Waals surface area contributed by atoms with E-state index in [2.05, 4.69) is 5.32 Å². The smallest absolute Gasteiger partial charge is 0.312 e. The second-order valence-corrected chi connectivity index (χ2v) is 7.14. The molecule has 8 heteroatoms. The maximum atomic E-state index is 12.1. The SMILES string of the molecule is O=C(C(=O)N1CCCS(=O)(=O)CC1)N1CCNCC1. The van der Waals surface area contributed by atoms with Crippen LogP contribution in [0.3, 0.4) is 0 Å². The highest BCUT2D eigenvalue weighted by Gasteiger charge is 2.30. The van der Waals surface area contributed by atoms with E-state index >= 15 is 0 Å². The Labute approximate surface area is 112 Å². The van der Waals surface area contributed by atoms with Crippen LogP contribution in [-0.4, -0.2) is 80.8 Å². The lowest BCUT2D eigenvalue weighted by molar-refractivity contribution is -0.152. The van der Waals surface area contributed by atoms with Gasteiger partial charge >= 0.3 is 11.8 Å². The van der Waals surface area contributed by atoms with Crippen molar-refractivity contribution in [3.8, 4) is 0 Å². The van der Waals surface area contributed by atoms with E-state index in [4.69, 9.17) is 0 Å². The third-order valence-corrected chi connectivity index (χ3v) is 5.15. The van der Waals surface area contributed by atoms with Crippen LogP contribution in [0.15, 0.2) is 0 Å². The van der Waals surface area contributed by atoms with Gasteiger partial charge in [0.05, 0.1) is 11.5 Å². The monoisotopic (exact) mass is 289 g/mol. The van der Waals surface area contributed by atoms with Gasteiger partial charge in [-0.15, -0.1) is 0 Å². The summed E-state index contributed by atoms with van der Waals surface area (Å²) in [5, 5.41) is 3.11. The Morgan fingerprint density at radius 1 is 0.842 bits per heavy atom. The van der Waals surface area contributed by atoms with Crippen LogP contribution in [0.25, 0.3) is 0 Å². The molecule has 0 saturated carbocycles. The average molecular weight is 289 g/mol. The van der Waals surface area contributed by atoms with Gasteiger partial charge in [0.25, 0.3) is 0 Å². The molecule has 0 aromatic heterocycles. The van der Waals surface area contributed by atoms with Crippen molar-refractivity contribution in [2.45, 2.75) is 6.42 Å². The predicted molar refractivity (Wildman–Crippen MR) is 69.3 cm³/mol. The largest absolute Gasteiger partial charge is 0.333 e. The molecule has 1 N–H and O–H groups in total. The Kier molecular flexibility index (Phi) is 4.41. The first-order valence-electron chi connectivity index (χ1n) is 6.49. The summed E-state index contributed by atoms with van der Waals surface area (Å²) in [4.78, 5) is 27.0. The van der Waals surface area contributed by atoms with Gasteiger partial charge in [0.15, 0.2) is 9.84 Å². The first kappa shape index (κ1) is 14.3. The zero-order valence-electron chi connectivity index (χ0n) is 10.8. The van der Waals surface area contributed by atoms with Crippen molar-refractivity contribution in [2.24, 2.45) is 0 Å². The van der Waals surface area contributed by atoms with E-state index in [1.54, 1.807) is 0 Å². The van der Waals surface area contributed by atoms with E-state index in [0.29, 0.717) is 39.1 Å². The molecule has 0 aliphatic carbocycles. The summed E-state index contributed by atoms with van der Waals surface area (Å²) in [5.41, 5.74) is 0. The lowest BCUT2D eigenvalue weighted by Crippen LogP contribution is -2.52. The van der Waals surface area contributed by atoms with Crippen molar-refractivity contribution in [2.75, 3.05) is 50.8 Å². The summed E-state index contributed by atoms with van der Waals surface area (Å²) in [6.07, 6.45) is 0.406.